The van der Waals surface area contributed by atoms with Gasteiger partial charge >= 0.3 is 0 Å². The minimum Gasteiger partial charge on any atom is -0.489 e. The monoisotopic (exact) mass is 440 g/mol. The third kappa shape index (κ3) is 4.32. The van der Waals surface area contributed by atoms with Gasteiger partial charge in [-0.15, -0.1) is 0 Å². The molecule has 0 bridgehead atoms. The van der Waals surface area contributed by atoms with Crippen LogP contribution in [-0.4, -0.2) is 16.5 Å². The van der Waals surface area contributed by atoms with Crippen molar-refractivity contribution in [3.63, 3.8) is 0 Å². The van der Waals surface area contributed by atoms with E-state index in [1.165, 1.54) is 0 Å². The Hall–Kier alpha value is -2.50. The van der Waals surface area contributed by atoms with Crippen LogP contribution in [-0.2, 0) is 13.2 Å². The zero-order chi connectivity index (χ0) is 19.3. The second kappa shape index (κ2) is 8.67. The first kappa shape index (κ1) is 18.8. The fourth-order valence-corrected chi connectivity index (χ4v) is 3.50. The van der Waals surface area contributed by atoms with Crippen molar-refractivity contribution in [3.8, 4) is 17.2 Å². The molecule has 0 fully saturated rings. The van der Waals surface area contributed by atoms with Crippen LogP contribution in [0.25, 0.3) is 0 Å². The molecule has 1 heterocycles. The summed E-state index contributed by atoms with van der Waals surface area (Å²) in [4.78, 5) is -0.175. The van der Waals surface area contributed by atoms with E-state index in [-0.39, 0.29) is 4.83 Å². The van der Waals surface area contributed by atoms with Gasteiger partial charge in [0, 0.05) is 11.6 Å². The van der Waals surface area contributed by atoms with Gasteiger partial charge in [0.1, 0.15) is 25.6 Å². The highest BCUT2D eigenvalue weighted by Crippen LogP contribution is 2.44. The summed E-state index contributed by atoms with van der Waals surface area (Å²) >= 11 is 3.47. The Kier molecular flexibility index (Phi) is 5.84. The van der Waals surface area contributed by atoms with Crippen LogP contribution in [0.3, 0.4) is 0 Å². The highest BCUT2D eigenvalue weighted by Gasteiger charge is 2.31. The molecule has 0 radical (unpaired) electrons. The van der Waals surface area contributed by atoms with Crippen molar-refractivity contribution >= 4 is 15.9 Å². The zero-order valence-electron chi connectivity index (χ0n) is 15.3. The van der Waals surface area contributed by atoms with Gasteiger partial charge in [0.15, 0.2) is 11.5 Å². The number of aliphatic hydroxyl groups excluding tert-OH is 1. The summed E-state index contributed by atoms with van der Waals surface area (Å²) in [6, 6.07) is 23.5. The summed E-state index contributed by atoms with van der Waals surface area (Å²) in [5.74, 6) is 1.78. The number of hydrogen-bond acceptors (Lipinski definition) is 4. The average Bonchev–Trinajstić information content (AvgIpc) is 2.75. The predicted molar refractivity (Wildman–Crippen MR) is 111 cm³/mol. The summed E-state index contributed by atoms with van der Waals surface area (Å²) in [5.41, 5.74) is 2.80. The Morgan fingerprint density at radius 2 is 1.50 bits per heavy atom. The van der Waals surface area contributed by atoms with Gasteiger partial charge in [-0.25, -0.2) is 0 Å². The molecule has 2 unspecified atom stereocenters. The number of ether oxygens (including phenoxy) is 3. The molecule has 144 valence electrons. The fraction of sp³-hybridized carbons (Fsp3) is 0.217. The third-order valence-corrected chi connectivity index (χ3v) is 5.36. The Morgan fingerprint density at radius 1 is 0.893 bits per heavy atom. The van der Waals surface area contributed by atoms with E-state index < -0.39 is 6.10 Å². The number of rotatable bonds is 6. The molecule has 3 aromatic carbocycles. The van der Waals surface area contributed by atoms with E-state index in [4.69, 9.17) is 14.2 Å². The van der Waals surface area contributed by atoms with Gasteiger partial charge < -0.3 is 19.3 Å². The molecule has 1 aliphatic heterocycles. The van der Waals surface area contributed by atoms with Crippen LogP contribution in [0.15, 0.2) is 72.8 Å². The van der Waals surface area contributed by atoms with Crippen LogP contribution < -0.4 is 14.2 Å². The van der Waals surface area contributed by atoms with E-state index in [0.29, 0.717) is 42.6 Å². The summed E-state index contributed by atoms with van der Waals surface area (Å²) in [7, 11) is 0. The zero-order valence-corrected chi connectivity index (χ0v) is 16.8. The molecule has 28 heavy (non-hydrogen) atoms. The number of halogens is 1. The molecule has 0 saturated heterocycles. The molecule has 1 aliphatic rings. The molecule has 0 aromatic heterocycles. The van der Waals surface area contributed by atoms with Crippen LogP contribution in [0.2, 0.25) is 0 Å². The van der Waals surface area contributed by atoms with Crippen molar-refractivity contribution in [1.82, 2.24) is 0 Å². The Bertz CT molecular complexity index is 915. The lowest BCUT2D eigenvalue weighted by Gasteiger charge is -2.28. The highest BCUT2D eigenvalue weighted by molar-refractivity contribution is 9.09. The van der Waals surface area contributed by atoms with Gasteiger partial charge in [-0.1, -0.05) is 76.6 Å². The maximum Gasteiger partial charge on any atom is 0.167 e. The largest absolute Gasteiger partial charge is 0.489 e. The molecule has 4 nitrogen and oxygen atoms in total. The van der Waals surface area contributed by atoms with E-state index >= 15 is 0 Å². The minimum atomic E-state index is -0.692. The quantitative estimate of drug-likeness (QED) is 0.545. The van der Waals surface area contributed by atoms with Gasteiger partial charge in [-0.3, -0.25) is 0 Å². The second-order valence-corrected chi connectivity index (χ2v) is 7.84. The summed E-state index contributed by atoms with van der Waals surface area (Å²) in [6.07, 6.45) is -0.692. The highest BCUT2D eigenvalue weighted by atomic mass is 79.9. The number of alkyl halides is 1. The molecular weight excluding hydrogens is 420 g/mol. The first-order valence-corrected chi connectivity index (χ1v) is 10.1. The average molecular weight is 441 g/mol. The van der Waals surface area contributed by atoms with Crippen molar-refractivity contribution in [2.45, 2.75) is 24.1 Å². The topological polar surface area (TPSA) is 47.9 Å². The van der Waals surface area contributed by atoms with E-state index in [9.17, 15) is 5.11 Å². The summed E-state index contributed by atoms with van der Waals surface area (Å²) in [6.45, 7) is 1.22. The lowest BCUT2D eigenvalue weighted by molar-refractivity contribution is 0.120. The maximum absolute atomic E-state index is 10.6. The van der Waals surface area contributed by atoms with Crippen LogP contribution in [0, 0.1) is 0 Å². The van der Waals surface area contributed by atoms with Gasteiger partial charge in [0.2, 0.25) is 0 Å². The van der Waals surface area contributed by atoms with E-state index in [1.807, 2.05) is 72.8 Å². The molecule has 0 amide bonds. The Morgan fingerprint density at radius 3 is 2.14 bits per heavy atom. The normalized spacial score (nSPS) is 18.1. The third-order valence-electron chi connectivity index (χ3n) is 4.59. The predicted octanol–water partition coefficient (Wildman–Crippen LogP) is 5.03. The van der Waals surface area contributed by atoms with Crippen molar-refractivity contribution in [2.75, 3.05) is 6.61 Å². The molecular formula is C23H21BrO4. The maximum atomic E-state index is 10.6. The van der Waals surface area contributed by atoms with Crippen molar-refractivity contribution in [2.24, 2.45) is 0 Å². The Balaban J connectivity index is 1.59. The molecule has 3 aromatic rings. The van der Waals surface area contributed by atoms with Crippen molar-refractivity contribution in [3.05, 3.63) is 89.5 Å². The molecule has 0 aliphatic carbocycles. The lowest BCUT2D eigenvalue weighted by Crippen LogP contribution is -2.26. The van der Waals surface area contributed by atoms with E-state index in [2.05, 4.69) is 15.9 Å². The van der Waals surface area contributed by atoms with Crippen LogP contribution in [0.1, 0.15) is 22.8 Å². The van der Waals surface area contributed by atoms with Crippen molar-refractivity contribution < 1.29 is 19.3 Å². The number of benzene rings is 3. The SMILES string of the molecule is OC1c2cc(OCc3ccccc3)cc(OCc3ccccc3)c2OCC1Br. The molecule has 1 N–H and O–H groups in total. The lowest BCUT2D eigenvalue weighted by atomic mass is 10.0. The minimum absolute atomic E-state index is 0.175. The smallest absolute Gasteiger partial charge is 0.167 e. The number of aliphatic hydroxyl groups is 1. The standard InChI is InChI=1S/C23H21BrO4/c24-20-15-28-23-19(22(20)25)11-18(26-13-16-7-3-1-4-8-16)12-21(23)27-14-17-9-5-2-6-10-17/h1-12,20,22,25H,13-15H2. The molecule has 0 spiro atoms. The first-order valence-electron chi connectivity index (χ1n) is 9.17. The van der Waals surface area contributed by atoms with Crippen LogP contribution >= 0.6 is 15.9 Å². The first-order chi connectivity index (χ1) is 13.7. The molecule has 5 heteroatoms. The van der Waals surface area contributed by atoms with E-state index in [1.54, 1.807) is 0 Å². The number of fused-ring (bicyclic) bond motifs is 1. The van der Waals surface area contributed by atoms with Crippen LogP contribution in [0.5, 0.6) is 17.2 Å². The molecule has 0 saturated carbocycles. The van der Waals surface area contributed by atoms with Gasteiger partial charge in [0.25, 0.3) is 0 Å². The van der Waals surface area contributed by atoms with Crippen molar-refractivity contribution in [1.29, 1.82) is 0 Å². The Labute approximate surface area is 172 Å². The van der Waals surface area contributed by atoms with E-state index in [0.717, 1.165) is 11.1 Å². The van der Waals surface area contributed by atoms with Gasteiger partial charge in [-0.2, -0.15) is 0 Å². The van der Waals surface area contributed by atoms with Crippen LogP contribution in [0.4, 0.5) is 0 Å². The van der Waals surface area contributed by atoms with Gasteiger partial charge in [0.05, 0.1) is 10.9 Å². The number of hydrogen-bond donors (Lipinski definition) is 1. The molecule has 2 atom stereocenters. The molecule has 4 rings (SSSR count). The second-order valence-electron chi connectivity index (χ2n) is 6.66. The summed E-state index contributed by atoms with van der Waals surface area (Å²) in [5, 5.41) is 10.6. The summed E-state index contributed by atoms with van der Waals surface area (Å²) < 4.78 is 17.9. The van der Waals surface area contributed by atoms with Gasteiger partial charge in [-0.05, 0) is 17.2 Å². The fourth-order valence-electron chi connectivity index (χ4n) is 3.09.